The zero-order valence-electron chi connectivity index (χ0n) is 15.6. The lowest BCUT2D eigenvalue weighted by atomic mass is 10.0. The molecule has 0 fully saturated rings. The summed E-state index contributed by atoms with van der Waals surface area (Å²) in [6.45, 7) is 0.418. The van der Waals surface area contributed by atoms with Gasteiger partial charge < -0.3 is 20.5 Å². The van der Waals surface area contributed by atoms with E-state index in [2.05, 4.69) is 16.6 Å². The lowest BCUT2D eigenvalue weighted by Crippen LogP contribution is -2.43. The number of amides is 2. The molecule has 0 spiro atoms. The average molecular weight is 380 g/mol. The second kappa shape index (κ2) is 11.3. The van der Waals surface area contributed by atoms with Crippen molar-refractivity contribution in [2.24, 2.45) is 0 Å². The Morgan fingerprint density at radius 1 is 1.11 bits per heavy atom. The number of rotatable bonds is 10. The molecule has 0 radical (unpaired) electrons. The van der Waals surface area contributed by atoms with Crippen LogP contribution in [0.2, 0.25) is 0 Å². The molecule has 0 bridgehead atoms. The number of benzene rings is 2. The molecule has 0 saturated carbocycles. The van der Waals surface area contributed by atoms with Crippen molar-refractivity contribution in [1.29, 1.82) is 0 Å². The molecule has 6 nitrogen and oxygen atoms in total. The summed E-state index contributed by atoms with van der Waals surface area (Å²) in [6, 6.07) is 16.3. The van der Waals surface area contributed by atoms with Gasteiger partial charge in [-0.1, -0.05) is 54.5 Å². The number of terminal acetylenes is 1. The van der Waals surface area contributed by atoms with Gasteiger partial charge >= 0.3 is 12.0 Å². The molecule has 2 amide bonds. The van der Waals surface area contributed by atoms with Crippen LogP contribution in [0.1, 0.15) is 24.0 Å². The summed E-state index contributed by atoms with van der Waals surface area (Å²) >= 11 is 0. The number of hydrogen-bond acceptors (Lipinski definition) is 3. The van der Waals surface area contributed by atoms with E-state index in [-0.39, 0.29) is 31.6 Å². The number of hydrogen-bond donors (Lipinski definition) is 3. The van der Waals surface area contributed by atoms with E-state index in [4.69, 9.17) is 16.3 Å². The summed E-state index contributed by atoms with van der Waals surface area (Å²) in [5.74, 6) is 2.14. The number of ether oxygens (including phenoxy) is 1. The van der Waals surface area contributed by atoms with Crippen molar-refractivity contribution in [3.8, 4) is 18.1 Å². The molecule has 1 atom stereocenters. The molecule has 0 saturated heterocycles. The third kappa shape index (κ3) is 7.42. The normalized spacial score (nSPS) is 11.1. The van der Waals surface area contributed by atoms with Crippen LogP contribution in [0.5, 0.6) is 5.75 Å². The van der Waals surface area contributed by atoms with Gasteiger partial charge in [-0.25, -0.2) is 4.79 Å². The maximum Gasteiger partial charge on any atom is 0.315 e. The van der Waals surface area contributed by atoms with Crippen LogP contribution in [0.3, 0.4) is 0 Å². The van der Waals surface area contributed by atoms with E-state index in [9.17, 15) is 9.59 Å². The molecule has 0 aliphatic rings. The number of nitrogens with one attached hydrogen (secondary N) is 2. The van der Waals surface area contributed by atoms with Gasteiger partial charge in [0, 0.05) is 24.6 Å². The van der Waals surface area contributed by atoms with Gasteiger partial charge in [-0.15, -0.1) is 6.42 Å². The zero-order valence-corrected chi connectivity index (χ0v) is 15.6. The average Bonchev–Trinajstić information content (AvgIpc) is 2.70. The van der Waals surface area contributed by atoms with Crippen LogP contribution in [0.15, 0.2) is 54.6 Å². The van der Waals surface area contributed by atoms with Crippen molar-refractivity contribution in [3.63, 3.8) is 0 Å². The third-order valence-corrected chi connectivity index (χ3v) is 4.09. The first-order valence-electron chi connectivity index (χ1n) is 9.02. The Balaban J connectivity index is 1.93. The first-order valence-corrected chi connectivity index (χ1v) is 9.02. The summed E-state index contributed by atoms with van der Waals surface area (Å²) < 4.78 is 5.47. The third-order valence-electron chi connectivity index (χ3n) is 4.09. The van der Waals surface area contributed by atoms with E-state index in [0.717, 1.165) is 11.1 Å². The van der Waals surface area contributed by atoms with E-state index in [1.807, 2.05) is 48.5 Å². The predicted octanol–water partition coefficient (Wildman–Crippen LogP) is 2.97. The van der Waals surface area contributed by atoms with Crippen LogP contribution in [0.25, 0.3) is 0 Å². The minimum atomic E-state index is -0.889. The Morgan fingerprint density at radius 3 is 2.54 bits per heavy atom. The number of aliphatic carboxylic acids is 1. The van der Waals surface area contributed by atoms with Gasteiger partial charge in [0.15, 0.2) is 0 Å². The van der Waals surface area contributed by atoms with E-state index in [1.165, 1.54) is 0 Å². The molecule has 28 heavy (non-hydrogen) atoms. The number of carboxylic acids is 1. The highest BCUT2D eigenvalue weighted by atomic mass is 16.5. The summed E-state index contributed by atoms with van der Waals surface area (Å²) in [5, 5.41) is 14.6. The quantitative estimate of drug-likeness (QED) is 0.553. The predicted molar refractivity (Wildman–Crippen MR) is 107 cm³/mol. The fourth-order valence-electron chi connectivity index (χ4n) is 2.74. The highest BCUT2D eigenvalue weighted by molar-refractivity contribution is 5.74. The van der Waals surface area contributed by atoms with Crippen molar-refractivity contribution < 1.29 is 19.4 Å². The molecule has 3 N–H and O–H groups in total. The number of urea groups is 1. The Kier molecular flexibility index (Phi) is 8.41. The maximum atomic E-state index is 12.3. The molecule has 2 aromatic carbocycles. The van der Waals surface area contributed by atoms with Crippen molar-refractivity contribution in [2.45, 2.75) is 31.8 Å². The zero-order chi connectivity index (χ0) is 20.2. The molecular formula is C22H24N2O4. The van der Waals surface area contributed by atoms with Gasteiger partial charge in [0.1, 0.15) is 12.4 Å². The molecule has 2 aromatic rings. The summed E-state index contributed by atoms with van der Waals surface area (Å²) in [5.41, 5.74) is 1.84. The number of carboxylic acid groups (broad SMARTS) is 1. The Morgan fingerprint density at radius 2 is 1.82 bits per heavy atom. The fourth-order valence-corrected chi connectivity index (χ4v) is 2.74. The highest BCUT2D eigenvalue weighted by Gasteiger charge is 2.15. The molecule has 2 rings (SSSR count). The van der Waals surface area contributed by atoms with Gasteiger partial charge in [-0.3, -0.25) is 4.79 Å². The van der Waals surface area contributed by atoms with Gasteiger partial charge in [0.05, 0.1) is 0 Å². The summed E-state index contributed by atoms with van der Waals surface area (Å²) in [7, 11) is 0. The Bertz CT molecular complexity index is 815. The highest BCUT2D eigenvalue weighted by Crippen LogP contribution is 2.17. The Labute approximate surface area is 164 Å². The van der Waals surface area contributed by atoms with Crippen LogP contribution in [0.4, 0.5) is 4.79 Å². The maximum absolute atomic E-state index is 12.3. The number of para-hydroxylation sites is 1. The molecule has 0 aromatic heterocycles. The SMILES string of the molecule is C#CCOc1ccccc1CNC(=O)NC(CCC(=O)O)Cc1ccccc1. The van der Waals surface area contributed by atoms with E-state index >= 15 is 0 Å². The van der Waals surface area contributed by atoms with Gasteiger partial charge in [-0.2, -0.15) is 0 Å². The molecular weight excluding hydrogens is 356 g/mol. The Hall–Kier alpha value is -3.46. The number of carbonyl (C=O) groups is 2. The van der Waals surface area contributed by atoms with E-state index in [0.29, 0.717) is 18.6 Å². The summed E-state index contributed by atoms with van der Waals surface area (Å²) in [4.78, 5) is 23.3. The first kappa shape index (κ1) is 20.8. The minimum absolute atomic E-state index is 0.0134. The second-order valence-corrected chi connectivity index (χ2v) is 6.25. The molecule has 146 valence electrons. The van der Waals surface area contributed by atoms with Crippen LogP contribution in [-0.4, -0.2) is 29.8 Å². The van der Waals surface area contributed by atoms with Crippen molar-refractivity contribution in [1.82, 2.24) is 10.6 Å². The topological polar surface area (TPSA) is 87.7 Å². The van der Waals surface area contributed by atoms with Crippen LogP contribution >= 0.6 is 0 Å². The molecule has 1 unspecified atom stereocenters. The monoisotopic (exact) mass is 380 g/mol. The molecule has 6 heteroatoms. The largest absolute Gasteiger partial charge is 0.481 e. The van der Waals surface area contributed by atoms with Crippen LogP contribution in [-0.2, 0) is 17.8 Å². The van der Waals surface area contributed by atoms with E-state index < -0.39 is 5.97 Å². The van der Waals surface area contributed by atoms with Crippen LogP contribution < -0.4 is 15.4 Å². The summed E-state index contributed by atoms with van der Waals surface area (Å²) in [6.07, 6.45) is 6.11. The van der Waals surface area contributed by atoms with Crippen molar-refractivity contribution >= 4 is 12.0 Å². The molecule has 0 aliphatic heterocycles. The smallest absolute Gasteiger partial charge is 0.315 e. The van der Waals surface area contributed by atoms with Crippen molar-refractivity contribution in [3.05, 3.63) is 65.7 Å². The van der Waals surface area contributed by atoms with E-state index in [1.54, 1.807) is 6.07 Å². The lowest BCUT2D eigenvalue weighted by Gasteiger charge is -2.19. The first-order chi connectivity index (χ1) is 13.6. The number of carbonyl (C=O) groups excluding carboxylic acids is 1. The van der Waals surface area contributed by atoms with Crippen molar-refractivity contribution in [2.75, 3.05) is 6.61 Å². The molecule has 0 aliphatic carbocycles. The van der Waals surface area contributed by atoms with Gasteiger partial charge in [0.2, 0.25) is 0 Å². The van der Waals surface area contributed by atoms with Gasteiger partial charge in [-0.05, 0) is 24.5 Å². The minimum Gasteiger partial charge on any atom is -0.481 e. The lowest BCUT2D eigenvalue weighted by molar-refractivity contribution is -0.137. The second-order valence-electron chi connectivity index (χ2n) is 6.25. The van der Waals surface area contributed by atoms with Gasteiger partial charge in [0.25, 0.3) is 0 Å². The molecule has 0 heterocycles. The standard InChI is InChI=1S/C22H24N2O4/c1-2-14-28-20-11-7-6-10-18(20)16-23-22(27)24-19(12-13-21(25)26)15-17-8-4-3-5-9-17/h1,3-11,19H,12-16H2,(H,25,26)(H2,23,24,27). The van der Waals surface area contributed by atoms with Crippen LogP contribution in [0, 0.1) is 12.3 Å². The fraction of sp³-hybridized carbons (Fsp3) is 0.273.